The number of carbonyl (C=O) groups excluding carboxylic acids is 2. The van der Waals surface area contributed by atoms with Gasteiger partial charge in [0.15, 0.2) is 15.2 Å². The van der Waals surface area contributed by atoms with E-state index in [1.54, 1.807) is 19.1 Å². The largest absolute Gasteiger partial charge is 0.467 e. The minimum atomic E-state index is -0.564. The molecule has 0 bridgehead atoms. The molecule has 0 aliphatic heterocycles. The molecule has 0 aliphatic rings. The number of nitrogens with one attached hydrogen (secondary N) is 2. The lowest BCUT2D eigenvalue weighted by atomic mass is 10.3. The van der Waals surface area contributed by atoms with Gasteiger partial charge in [-0.2, -0.15) is 0 Å². The van der Waals surface area contributed by atoms with Crippen molar-refractivity contribution in [3.63, 3.8) is 0 Å². The van der Waals surface area contributed by atoms with E-state index in [1.165, 1.54) is 13.4 Å². The first-order valence-corrected chi connectivity index (χ1v) is 7.52. The average Bonchev–Trinajstić information content (AvgIpc) is 3.13. The molecule has 0 radical (unpaired) electrons. The highest BCUT2D eigenvalue weighted by molar-refractivity contribution is 7.18. The molecule has 0 fully saturated rings. The first kappa shape index (κ1) is 16.3. The second-order valence-corrected chi connectivity index (χ2v) is 5.65. The van der Waals surface area contributed by atoms with E-state index in [0.29, 0.717) is 17.4 Å². The van der Waals surface area contributed by atoms with Crippen LogP contribution in [0.4, 0.5) is 5.13 Å². The summed E-state index contributed by atoms with van der Waals surface area (Å²) < 4.78 is 9.72. The van der Waals surface area contributed by atoms with Crippen LogP contribution in [0, 0.1) is 0 Å². The lowest BCUT2D eigenvalue weighted by Gasteiger charge is -2.12. The Kier molecular flexibility index (Phi) is 5.40. The van der Waals surface area contributed by atoms with Crippen molar-refractivity contribution in [1.29, 1.82) is 0 Å². The summed E-state index contributed by atoms with van der Waals surface area (Å²) in [5.41, 5.74) is 0. The van der Waals surface area contributed by atoms with Crippen LogP contribution in [0.15, 0.2) is 22.8 Å². The summed E-state index contributed by atoms with van der Waals surface area (Å²) in [7, 11) is 1.26. The molecule has 0 saturated heterocycles. The summed E-state index contributed by atoms with van der Waals surface area (Å²) in [5, 5.41) is 6.01. The van der Waals surface area contributed by atoms with E-state index in [0.717, 1.165) is 11.3 Å². The maximum atomic E-state index is 12.0. The molecule has 7 nitrogen and oxygen atoms in total. The third-order valence-corrected chi connectivity index (χ3v) is 4.06. The molecule has 0 spiro atoms. The molecule has 118 valence electrons. The minimum Gasteiger partial charge on any atom is -0.467 e. The topological polar surface area (TPSA) is 93.5 Å². The molecule has 2 aromatic rings. The highest BCUT2D eigenvalue weighted by atomic mass is 35.5. The smallest absolute Gasteiger partial charge is 0.351 e. The van der Waals surface area contributed by atoms with Gasteiger partial charge in [-0.3, -0.25) is 4.79 Å². The van der Waals surface area contributed by atoms with Crippen molar-refractivity contribution in [1.82, 2.24) is 10.3 Å². The maximum absolute atomic E-state index is 12.0. The number of aromatic nitrogens is 1. The predicted molar refractivity (Wildman–Crippen MR) is 82.1 cm³/mol. The number of rotatable bonds is 6. The molecule has 2 heterocycles. The van der Waals surface area contributed by atoms with Crippen LogP contribution in [0.5, 0.6) is 0 Å². The highest BCUT2D eigenvalue weighted by Gasteiger charge is 2.20. The fourth-order valence-corrected chi connectivity index (χ4v) is 2.76. The lowest BCUT2D eigenvalue weighted by Crippen LogP contribution is -2.37. The van der Waals surface area contributed by atoms with Crippen molar-refractivity contribution in [2.24, 2.45) is 0 Å². The normalized spacial score (nSPS) is 11.8. The van der Waals surface area contributed by atoms with Crippen LogP contribution in [-0.4, -0.2) is 30.0 Å². The number of ether oxygens (including phenoxy) is 1. The molecule has 0 aliphatic carbocycles. The van der Waals surface area contributed by atoms with Crippen LogP contribution < -0.4 is 10.6 Å². The number of anilines is 1. The number of methoxy groups -OCH3 is 1. The van der Waals surface area contributed by atoms with Crippen LogP contribution in [0.3, 0.4) is 0 Å². The number of hydrogen-bond acceptors (Lipinski definition) is 7. The van der Waals surface area contributed by atoms with Gasteiger partial charge in [0.25, 0.3) is 0 Å². The number of hydrogen-bond donors (Lipinski definition) is 2. The molecule has 22 heavy (non-hydrogen) atoms. The Labute approximate surface area is 135 Å². The van der Waals surface area contributed by atoms with Gasteiger partial charge in [0.2, 0.25) is 5.91 Å². The number of amides is 1. The first-order chi connectivity index (χ1) is 10.5. The Balaban J connectivity index is 1.92. The number of furan rings is 1. The second kappa shape index (κ2) is 7.28. The molecule has 1 unspecified atom stereocenters. The van der Waals surface area contributed by atoms with Gasteiger partial charge in [-0.15, -0.1) is 0 Å². The third kappa shape index (κ3) is 3.99. The van der Waals surface area contributed by atoms with Crippen molar-refractivity contribution in [3.8, 4) is 0 Å². The molecule has 9 heteroatoms. The van der Waals surface area contributed by atoms with Gasteiger partial charge in [-0.25, -0.2) is 9.78 Å². The van der Waals surface area contributed by atoms with Crippen molar-refractivity contribution in [2.75, 3.05) is 12.4 Å². The standard InChI is InChI=1S/C13H14ClN3O4S/c1-7(11(18)15-6-8-4-3-5-21-8)16-13-17-10(14)9(22-13)12(19)20-2/h3-5,7H,6H2,1-2H3,(H,15,18)(H,16,17). The Morgan fingerprint density at radius 1 is 1.55 bits per heavy atom. The van der Waals surface area contributed by atoms with Crippen LogP contribution >= 0.6 is 22.9 Å². The maximum Gasteiger partial charge on any atom is 0.351 e. The summed E-state index contributed by atoms with van der Waals surface area (Å²) in [6.07, 6.45) is 1.54. The van der Waals surface area contributed by atoms with Crippen LogP contribution in [0.25, 0.3) is 0 Å². The van der Waals surface area contributed by atoms with Crippen molar-refractivity contribution in [3.05, 3.63) is 34.2 Å². The van der Waals surface area contributed by atoms with Gasteiger partial charge >= 0.3 is 5.97 Å². The Morgan fingerprint density at radius 2 is 2.32 bits per heavy atom. The van der Waals surface area contributed by atoms with E-state index >= 15 is 0 Å². The Hall–Kier alpha value is -2.06. The van der Waals surface area contributed by atoms with E-state index in [-0.39, 0.29) is 15.9 Å². The molecule has 2 N–H and O–H groups in total. The van der Waals surface area contributed by atoms with Crippen LogP contribution in [0.2, 0.25) is 5.15 Å². The van der Waals surface area contributed by atoms with Gasteiger partial charge in [-0.05, 0) is 19.1 Å². The zero-order valence-electron chi connectivity index (χ0n) is 11.9. The summed E-state index contributed by atoms with van der Waals surface area (Å²) in [6, 6.07) is 2.96. The number of thiazole rings is 1. The van der Waals surface area contributed by atoms with Crippen LogP contribution in [0.1, 0.15) is 22.4 Å². The molecule has 1 amide bonds. The summed E-state index contributed by atoms with van der Waals surface area (Å²) in [6.45, 7) is 1.97. The molecule has 1 atom stereocenters. The number of nitrogens with zero attached hydrogens (tertiary/aromatic N) is 1. The summed E-state index contributed by atoms with van der Waals surface area (Å²) in [5.74, 6) is -0.140. The highest BCUT2D eigenvalue weighted by Crippen LogP contribution is 2.27. The monoisotopic (exact) mass is 343 g/mol. The molecular weight excluding hydrogens is 330 g/mol. The molecule has 0 aromatic carbocycles. The van der Waals surface area contributed by atoms with E-state index in [9.17, 15) is 9.59 Å². The SMILES string of the molecule is COC(=O)c1sc(NC(C)C(=O)NCc2ccco2)nc1Cl. The first-order valence-electron chi connectivity index (χ1n) is 6.32. The van der Waals surface area contributed by atoms with Gasteiger partial charge in [0.1, 0.15) is 11.8 Å². The van der Waals surface area contributed by atoms with E-state index in [2.05, 4.69) is 20.4 Å². The van der Waals surface area contributed by atoms with Gasteiger partial charge in [0, 0.05) is 0 Å². The number of halogens is 1. The Morgan fingerprint density at radius 3 is 2.95 bits per heavy atom. The fourth-order valence-electron chi connectivity index (χ4n) is 1.57. The minimum absolute atomic E-state index is 0.0440. The quantitative estimate of drug-likeness (QED) is 0.782. The van der Waals surface area contributed by atoms with Crippen LogP contribution in [-0.2, 0) is 16.1 Å². The van der Waals surface area contributed by atoms with Crippen molar-refractivity contribution < 1.29 is 18.7 Å². The number of carbonyl (C=O) groups is 2. The summed E-state index contributed by atoms with van der Waals surface area (Å²) >= 11 is 6.88. The van der Waals surface area contributed by atoms with E-state index in [4.69, 9.17) is 16.0 Å². The van der Waals surface area contributed by atoms with E-state index < -0.39 is 12.0 Å². The molecular formula is C13H14ClN3O4S. The fraction of sp³-hybridized carbons (Fsp3) is 0.308. The second-order valence-electron chi connectivity index (χ2n) is 4.29. The molecule has 2 rings (SSSR count). The lowest BCUT2D eigenvalue weighted by molar-refractivity contribution is -0.121. The average molecular weight is 344 g/mol. The van der Waals surface area contributed by atoms with Crippen molar-refractivity contribution in [2.45, 2.75) is 19.5 Å². The van der Waals surface area contributed by atoms with E-state index in [1.807, 2.05) is 0 Å². The van der Waals surface area contributed by atoms with Gasteiger partial charge in [-0.1, -0.05) is 22.9 Å². The van der Waals surface area contributed by atoms with Gasteiger partial charge in [0.05, 0.1) is 19.9 Å². The van der Waals surface area contributed by atoms with Crippen molar-refractivity contribution >= 4 is 39.9 Å². The third-order valence-electron chi connectivity index (χ3n) is 2.71. The predicted octanol–water partition coefficient (Wildman–Crippen LogP) is 2.29. The molecule has 2 aromatic heterocycles. The summed E-state index contributed by atoms with van der Waals surface area (Å²) in [4.78, 5) is 27.6. The Bertz CT molecular complexity index is 656. The zero-order valence-corrected chi connectivity index (χ0v) is 13.5. The van der Waals surface area contributed by atoms with Gasteiger partial charge < -0.3 is 19.8 Å². The molecule has 0 saturated carbocycles. The number of esters is 1. The zero-order chi connectivity index (χ0) is 16.1.